The van der Waals surface area contributed by atoms with Gasteiger partial charge in [-0.1, -0.05) is 145 Å². The number of ether oxygens (including phenoxy) is 1. The van der Waals surface area contributed by atoms with Gasteiger partial charge in [-0.05, 0) is 101 Å². The molecular weight excluding hydrogens is 569 g/mol. The number of rotatable bonds is 3. The number of benzene rings is 9. The van der Waals surface area contributed by atoms with E-state index in [1.54, 1.807) is 24.3 Å². The molecule has 47 heavy (non-hydrogen) atoms. The Bertz CT molecular complexity index is 3170. The van der Waals surface area contributed by atoms with Crippen LogP contribution in [0.15, 0.2) is 170 Å². The maximum absolute atomic E-state index is 9.45. The van der Waals surface area contributed by atoms with E-state index in [0.717, 1.165) is 37.9 Å². The van der Waals surface area contributed by atoms with E-state index in [1.807, 2.05) is 72.8 Å². The molecule has 0 aromatic heterocycles. The lowest BCUT2D eigenvalue weighted by atomic mass is 9.88. The van der Waals surface area contributed by atoms with E-state index in [0.29, 0.717) is 44.5 Å². The van der Waals surface area contributed by atoms with Crippen LogP contribution in [0, 0.1) is 0 Å². The fourth-order valence-electron chi connectivity index (χ4n) is 7.06. The average Bonchev–Trinajstić information content (AvgIpc) is 3.22. The maximum atomic E-state index is 9.45. The Morgan fingerprint density at radius 2 is 1.13 bits per heavy atom. The second-order valence-corrected chi connectivity index (χ2v) is 11.8. The Hall–Kier alpha value is -6.18. The monoisotopic (exact) mass is 605 g/mol. The van der Waals surface area contributed by atoms with Gasteiger partial charge in [0, 0.05) is 10.9 Å². The summed E-state index contributed by atoms with van der Waals surface area (Å²) < 4.78 is 86.0. The Kier molecular flexibility index (Phi) is 4.05. The molecule has 1 aliphatic heterocycles. The van der Waals surface area contributed by atoms with Crippen molar-refractivity contribution >= 4 is 43.1 Å². The molecule has 0 radical (unpaired) electrons. The van der Waals surface area contributed by atoms with E-state index in [1.165, 1.54) is 0 Å². The van der Waals surface area contributed by atoms with Crippen molar-refractivity contribution in [1.82, 2.24) is 0 Å². The van der Waals surface area contributed by atoms with Crippen LogP contribution in [0.4, 0.5) is 0 Å². The SMILES string of the molecule is [2H]c1c([2H])c([2H])c(-c2ccc3c4c(cccc24)-c2cc(-c4c([2H])c([2H])c(-c5c6ccccc6cc6c5ccc5ccccc56)c([2H])c4[2H])ccc2O3)c([2H])c1[2H]. The van der Waals surface area contributed by atoms with Gasteiger partial charge in [-0.3, -0.25) is 0 Å². The van der Waals surface area contributed by atoms with Gasteiger partial charge in [0.2, 0.25) is 0 Å². The van der Waals surface area contributed by atoms with Crippen molar-refractivity contribution in [1.29, 1.82) is 0 Å². The lowest BCUT2D eigenvalue weighted by Crippen LogP contribution is -1.98. The zero-order valence-electron chi connectivity index (χ0n) is 33.9. The molecule has 0 aliphatic carbocycles. The number of fused-ring (bicyclic) bond motifs is 6. The first-order chi connectivity index (χ1) is 27.0. The first-order valence-corrected chi connectivity index (χ1v) is 15.4. The summed E-state index contributed by atoms with van der Waals surface area (Å²) in [5, 5.41) is 7.02. The normalized spacial score (nSPS) is 14.7. The summed E-state index contributed by atoms with van der Waals surface area (Å²) in [4.78, 5) is 0. The second kappa shape index (κ2) is 10.2. The van der Waals surface area contributed by atoms with Crippen LogP contribution >= 0.6 is 0 Å². The standard InChI is InChI=1S/C46H28O/c1-2-9-30(10-3-1)36-24-26-44-46-38(36)15-8-16-39(46)42-27-33(22-25-43(42)47-44)29-17-19-32(20-18-29)45-37-14-7-5-12-34(37)28-41-35-13-6-4-11-31(35)21-23-40(41)45/h1-28H/i1D,2D,3D,9D,10D,17D,18D,19D,20D. The van der Waals surface area contributed by atoms with Crippen molar-refractivity contribution in [3.8, 4) is 56.0 Å². The molecule has 0 saturated heterocycles. The first kappa shape index (κ1) is 18.7. The molecular formula is C46H28O. The van der Waals surface area contributed by atoms with E-state index in [9.17, 15) is 5.48 Å². The van der Waals surface area contributed by atoms with Crippen LogP contribution in [-0.4, -0.2) is 0 Å². The fraction of sp³-hybridized carbons (Fsp3) is 0. The lowest BCUT2D eigenvalue weighted by Gasteiger charge is -2.23. The fourth-order valence-corrected chi connectivity index (χ4v) is 7.06. The van der Waals surface area contributed by atoms with Crippen LogP contribution < -0.4 is 4.74 Å². The van der Waals surface area contributed by atoms with Crippen LogP contribution in [0.1, 0.15) is 12.3 Å². The zero-order valence-corrected chi connectivity index (χ0v) is 24.9. The van der Waals surface area contributed by atoms with Gasteiger partial charge in [0.25, 0.3) is 0 Å². The molecule has 0 saturated carbocycles. The highest BCUT2D eigenvalue weighted by Gasteiger charge is 2.22. The van der Waals surface area contributed by atoms with Crippen molar-refractivity contribution in [3.05, 3.63) is 170 Å². The van der Waals surface area contributed by atoms with Crippen molar-refractivity contribution < 1.29 is 17.1 Å². The van der Waals surface area contributed by atoms with Crippen LogP contribution in [0.3, 0.4) is 0 Å². The third-order valence-electron chi connectivity index (χ3n) is 9.20. The molecule has 10 rings (SSSR count). The molecule has 9 aromatic carbocycles. The molecule has 1 aliphatic rings. The van der Waals surface area contributed by atoms with E-state index >= 15 is 0 Å². The molecule has 0 amide bonds. The molecule has 0 spiro atoms. The van der Waals surface area contributed by atoms with Crippen LogP contribution in [0.2, 0.25) is 0 Å². The summed E-state index contributed by atoms with van der Waals surface area (Å²) >= 11 is 0. The summed E-state index contributed by atoms with van der Waals surface area (Å²) in [6.45, 7) is 0. The molecule has 0 unspecified atom stereocenters. The van der Waals surface area contributed by atoms with Crippen LogP contribution in [0.5, 0.6) is 11.5 Å². The smallest absolute Gasteiger partial charge is 0.135 e. The number of hydrogen-bond donors (Lipinski definition) is 0. The van der Waals surface area contributed by atoms with Crippen molar-refractivity contribution in [2.24, 2.45) is 0 Å². The Morgan fingerprint density at radius 3 is 2.00 bits per heavy atom. The molecule has 0 fully saturated rings. The average molecular weight is 606 g/mol. The summed E-state index contributed by atoms with van der Waals surface area (Å²) in [6, 6.07) is 33.9. The Labute approximate surface area is 285 Å². The molecule has 1 heterocycles. The summed E-state index contributed by atoms with van der Waals surface area (Å²) in [5.41, 5.74) is 3.51. The van der Waals surface area contributed by atoms with Crippen molar-refractivity contribution in [3.63, 3.8) is 0 Å². The van der Waals surface area contributed by atoms with E-state index < -0.39 is 18.1 Å². The van der Waals surface area contributed by atoms with Gasteiger partial charge in [-0.25, -0.2) is 0 Å². The summed E-state index contributed by atoms with van der Waals surface area (Å²) in [7, 11) is 0. The lowest BCUT2D eigenvalue weighted by molar-refractivity contribution is 0.487. The van der Waals surface area contributed by atoms with Gasteiger partial charge < -0.3 is 4.74 Å². The molecule has 1 nitrogen and oxygen atoms in total. The van der Waals surface area contributed by atoms with E-state index in [2.05, 4.69) is 18.2 Å². The molecule has 0 N–H and O–H groups in total. The summed E-state index contributed by atoms with van der Waals surface area (Å²) in [6.07, 6.45) is 0. The Morgan fingerprint density at radius 1 is 0.383 bits per heavy atom. The van der Waals surface area contributed by atoms with Crippen LogP contribution in [0.25, 0.3) is 87.6 Å². The van der Waals surface area contributed by atoms with Gasteiger partial charge in [0.05, 0.1) is 12.3 Å². The number of hydrogen-bond acceptors (Lipinski definition) is 1. The minimum absolute atomic E-state index is 0.0927. The topological polar surface area (TPSA) is 9.23 Å². The van der Waals surface area contributed by atoms with Crippen molar-refractivity contribution in [2.45, 2.75) is 0 Å². The second-order valence-electron chi connectivity index (χ2n) is 11.8. The minimum atomic E-state index is -0.461. The molecule has 1 heteroatoms. The third kappa shape index (κ3) is 4.03. The summed E-state index contributed by atoms with van der Waals surface area (Å²) in [5.74, 6) is 1.07. The highest BCUT2D eigenvalue weighted by atomic mass is 16.5. The third-order valence-corrected chi connectivity index (χ3v) is 9.20. The molecule has 9 aromatic rings. The predicted octanol–water partition coefficient (Wildman–Crippen LogP) is 13.1. The molecule has 218 valence electrons. The predicted molar refractivity (Wildman–Crippen MR) is 198 cm³/mol. The first-order valence-electron chi connectivity index (χ1n) is 19.9. The highest BCUT2D eigenvalue weighted by molar-refractivity contribution is 6.20. The quantitative estimate of drug-likeness (QED) is 0.144. The van der Waals surface area contributed by atoms with Crippen molar-refractivity contribution in [2.75, 3.05) is 0 Å². The minimum Gasteiger partial charge on any atom is -0.456 e. The van der Waals surface area contributed by atoms with Gasteiger partial charge in [-0.15, -0.1) is 0 Å². The van der Waals surface area contributed by atoms with Gasteiger partial charge in [0.1, 0.15) is 11.5 Å². The van der Waals surface area contributed by atoms with Gasteiger partial charge >= 0.3 is 0 Å². The largest absolute Gasteiger partial charge is 0.456 e. The van der Waals surface area contributed by atoms with E-state index in [-0.39, 0.29) is 52.9 Å². The molecule has 0 bridgehead atoms. The van der Waals surface area contributed by atoms with E-state index in [4.69, 9.17) is 11.6 Å². The molecule has 0 atom stereocenters. The zero-order chi connectivity index (χ0) is 38.7. The van der Waals surface area contributed by atoms with Gasteiger partial charge in [-0.2, -0.15) is 0 Å². The highest BCUT2D eigenvalue weighted by Crippen LogP contribution is 2.49. The van der Waals surface area contributed by atoms with Gasteiger partial charge in [0.15, 0.2) is 0 Å². The maximum Gasteiger partial charge on any atom is 0.135 e. The van der Waals surface area contributed by atoms with Crippen LogP contribution in [-0.2, 0) is 0 Å². The Balaban J connectivity index is 1.17.